The van der Waals surface area contributed by atoms with E-state index >= 15 is 0 Å². The van der Waals surface area contributed by atoms with Crippen LogP contribution >= 0.6 is 23.1 Å². The Balaban J connectivity index is 2.48. The van der Waals surface area contributed by atoms with Crippen molar-refractivity contribution in [1.29, 1.82) is 0 Å². The van der Waals surface area contributed by atoms with Gasteiger partial charge in [-0.2, -0.15) is 0 Å². The van der Waals surface area contributed by atoms with E-state index in [0.29, 0.717) is 0 Å². The molecule has 0 saturated heterocycles. The fraction of sp³-hybridized carbons (Fsp3) is 0.143. The van der Waals surface area contributed by atoms with Gasteiger partial charge in [0.2, 0.25) is 5.16 Å². The Bertz CT molecular complexity index is 393. The second kappa shape index (κ2) is 3.39. The molecule has 2 aromatic heterocycles. The van der Waals surface area contributed by atoms with E-state index in [-0.39, 0.29) is 0 Å². The third-order valence-electron chi connectivity index (χ3n) is 1.59. The number of thiophene rings is 1. The number of thioether (sulfide) groups is 1. The monoisotopic (exact) mass is 212 g/mol. The maximum atomic E-state index is 5.78. The molecule has 0 atom stereocenters. The number of hydrogen-bond donors (Lipinski definition) is 1. The first-order valence-corrected chi connectivity index (χ1v) is 5.71. The van der Waals surface area contributed by atoms with E-state index in [2.05, 4.69) is 10.2 Å². The molecular weight excluding hydrogens is 204 g/mol. The maximum absolute atomic E-state index is 5.78. The van der Waals surface area contributed by atoms with Gasteiger partial charge >= 0.3 is 0 Å². The largest absolute Gasteiger partial charge is 0.335 e. The molecule has 4 nitrogen and oxygen atoms in total. The van der Waals surface area contributed by atoms with Crippen molar-refractivity contribution >= 4 is 23.1 Å². The normalized spacial score (nSPS) is 10.5. The summed E-state index contributed by atoms with van der Waals surface area (Å²) in [6.45, 7) is 0. The van der Waals surface area contributed by atoms with Crippen LogP contribution in [0.25, 0.3) is 10.7 Å². The summed E-state index contributed by atoms with van der Waals surface area (Å²) in [5, 5.41) is 10.7. The predicted molar refractivity (Wildman–Crippen MR) is 55.3 cm³/mol. The molecule has 0 radical (unpaired) electrons. The van der Waals surface area contributed by atoms with Crippen molar-refractivity contribution in [2.75, 3.05) is 12.1 Å². The molecule has 13 heavy (non-hydrogen) atoms. The molecule has 0 aromatic carbocycles. The van der Waals surface area contributed by atoms with E-state index in [1.807, 2.05) is 23.8 Å². The van der Waals surface area contributed by atoms with Gasteiger partial charge in [0.1, 0.15) is 0 Å². The Labute approximate surface area is 83.8 Å². The average Bonchev–Trinajstić information content (AvgIpc) is 2.72. The molecule has 0 aliphatic heterocycles. The lowest BCUT2D eigenvalue weighted by atomic mass is 10.4. The Kier molecular flexibility index (Phi) is 2.24. The molecule has 0 bridgehead atoms. The van der Waals surface area contributed by atoms with E-state index in [1.54, 1.807) is 11.3 Å². The molecular formula is C7H8N4S2. The standard InChI is InChI=1S/C7H8N4S2/c1-12-7-10-9-6(11(7)8)5-3-2-4-13-5/h2-4H,8H2,1H3. The molecule has 6 heteroatoms. The molecule has 0 aliphatic rings. The van der Waals surface area contributed by atoms with Gasteiger partial charge in [-0.1, -0.05) is 17.8 Å². The van der Waals surface area contributed by atoms with Gasteiger partial charge in [0.05, 0.1) is 4.88 Å². The highest BCUT2D eigenvalue weighted by molar-refractivity contribution is 7.98. The lowest BCUT2D eigenvalue weighted by molar-refractivity contribution is 0.853. The molecule has 2 N–H and O–H groups in total. The highest BCUT2D eigenvalue weighted by atomic mass is 32.2. The molecule has 0 unspecified atom stereocenters. The third kappa shape index (κ3) is 1.42. The quantitative estimate of drug-likeness (QED) is 0.604. The van der Waals surface area contributed by atoms with Gasteiger partial charge < -0.3 is 5.84 Å². The van der Waals surface area contributed by atoms with Gasteiger partial charge in [-0.05, 0) is 17.7 Å². The second-order valence-electron chi connectivity index (χ2n) is 2.36. The summed E-state index contributed by atoms with van der Waals surface area (Å²) in [4.78, 5) is 1.04. The molecule has 0 saturated carbocycles. The highest BCUT2D eigenvalue weighted by Gasteiger charge is 2.10. The Morgan fingerprint density at radius 2 is 2.38 bits per heavy atom. The van der Waals surface area contributed by atoms with Gasteiger partial charge in [0.25, 0.3) is 0 Å². The van der Waals surface area contributed by atoms with Crippen LogP contribution in [0.3, 0.4) is 0 Å². The Hall–Kier alpha value is -1.01. The van der Waals surface area contributed by atoms with Crippen molar-refractivity contribution in [3.8, 4) is 10.7 Å². The van der Waals surface area contributed by atoms with Crippen LogP contribution in [0.2, 0.25) is 0 Å². The van der Waals surface area contributed by atoms with Crippen LogP contribution in [-0.4, -0.2) is 21.1 Å². The number of nitrogen functional groups attached to an aromatic ring is 1. The summed E-state index contributed by atoms with van der Waals surface area (Å²) in [7, 11) is 0. The Morgan fingerprint density at radius 1 is 1.54 bits per heavy atom. The van der Waals surface area contributed by atoms with Crippen molar-refractivity contribution in [2.45, 2.75) is 5.16 Å². The highest BCUT2D eigenvalue weighted by Crippen LogP contribution is 2.23. The van der Waals surface area contributed by atoms with Crippen molar-refractivity contribution in [2.24, 2.45) is 0 Å². The lowest BCUT2D eigenvalue weighted by Gasteiger charge is -1.98. The van der Waals surface area contributed by atoms with E-state index in [4.69, 9.17) is 5.84 Å². The third-order valence-corrected chi connectivity index (χ3v) is 3.10. The van der Waals surface area contributed by atoms with Crippen LogP contribution in [0.4, 0.5) is 0 Å². The van der Waals surface area contributed by atoms with Crippen LogP contribution < -0.4 is 5.84 Å². The zero-order valence-corrected chi connectivity index (χ0v) is 8.60. The van der Waals surface area contributed by atoms with Crippen molar-refractivity contribution < 1.29 is 0 Å². The van der Waals surface area contributed by atoms with Crippen LogP contribution in [0.1, 0.15) is 0 Å². The smallest absolute Gasteiger partial charge is 0.209 e. The predicted octanol–water partition coefficient (Wildman–Crippen LogP) is 1.44. The molecule has 2 aromatic rings. The summed E-state index contributed by atoms with van der Waals surface area (Å²) < 4.78 is 1.51. The molecule has 68 valence electrons. The molecule has 0 spiro atoms. The van der Waals surface area contributed by atoms with E-state index in [0.717, 1.165) is 15.9 Å². The Morgan fingerprint density at radius 3 is 2.92 bits per heavy atom. The van der Waals surface area contributed by atoms with Gasteiger partial charge in [-0.15, -0.1) is 21.5 Å². The second-order valence-corrected chi connectivity index (χ2v) is 4.08. The van der Waals surface area contributed by atoms with Gasteiger partial charge in [-0.3, -0.25) is 0 Å². The van der Waals surface area contributed by atoms with Gasteiger partial charge in [-0.25, -0.2) is 4.68 Å². The molecule has 0 aliphatic carbocycles. The van der Waals surface area contributed by atoms with E-state index < -0.39 is 0 Å². The first-order chi connectivity index (χ1) is 6.33. The summed E-state index contributed by atoms with van der Waals surface area (Å²) in [5.41, 5.74) is 0. The molecule has 2 rings (SSSR count). The summed E-state index contributed by atoms with van der Waals surface area (Å²) in [5.74, 6) is 6.50. The van der Waals surface area contributed by atoms with Crippen LogP contribution in [-0.2, 0) is 0 Å². The van der Waals surface area contributed by atoms with Crippen molar-refractivity contribution in [1.82, 2.24) is 14.9 Å². The number of nitrogens with two attached hydrogens (primary N) is 1. The minimum absolute atomic E-state index is 0.722. The van der Waals surface area contributed by atoms with E-state index in [9.17, 15) is 0 Å². The summed E-state index contributed by atoms with van der Waals surface area (Å²) in [6.07, 6.45) is 1.92. The zero-order valence-electron chi connectivity index (χ0n) is 6.97. The first-order valence-electron chi connectivity index (χ1n) is 3.61. The SMILES string of the molecule is CSc1nnc(-c2cccs2)n1N. The van der Waals surface area contributed by atoms with Crippen LogP contribution in [0.5, 0.6) is 0 Å². The summed E-state index contributed by atoms with van der Waals surface area (Å²) in [6, 6.07) is 3.94. The fourth-order valence-electron chi connectivity index (χ4n) is 0.990. The topological polar surface area (TPSA) is 56.7 Å². The zero-order chi connectivity index (χ0) is 9.26. The number of rotatable bonds is 2. The molecule has 2 heterocycles. The van der Waals surface area contributed by atoms with Crippen molar-refractivity contribution in [3.63, 3.8) is 0 Å². The fourth-order valence-corrected chi connectivity index (χ4v) is 2.10. The number of nitrogens with zero attached hydrogens (tertiary/aromatic N) is 3. The minimum Gasteiger partial charge on any atom is -0.335 e. The number of aromatic nitrogens is 3. The molecule has 0 fully saturated rings. The van der Waals surface area contributed by atoms with Crippen LogP contribution in [0, 0.1) is 0 Å². The lowest BCUT2D eigenvalue weighted by Crippen LogP contribution is -2.10. The maximum Gasteiger partial charge on any atom is 0.209 e. The van der Waals surface area contributed by atoms with Crippen molar-refractivity contribution in [3.05, 3.63) is 17.5 Å². The first kappa shape index (κ1) is 8.58. The summed E-state index contributed by atoms with van der Waals surface area (Å²) >= 11 is 3.08. The number of hydrogen-bond acceptors (Lipinski definition) is 5. The average molecular weight is 212 g/mol. The molecule has 0 amide bonds. The van der Waals surface area contributed by atoms with E-state index in [1.165, 1.54) is 16.4 Å². The minimum atomic E-state index is 0.722. The van der Waals surface area contributed by atoms with Gasteiger partial charge in [0.15, 0.2) is 5.82 Å². The van der Waals surface area contributed by atoms with Crippen LogP contribution in [0.15, 0.2) is 22.7 Å². The van der Waals surface area contributed by atoms with Gasteiger partial charge in [0, 0.05) is 0 Å².